The van der Waals surface area contributed by atoms with Gasteiger partial charge >= 0.3 is 5.97 Å². The number of carbonyl (C=O) groups is 2. The van der Waals surface area contributed by atoms with Gasteiger partial charge in [-0.3, -0.25) is 4.79 Å². The SMILES string of the molecule is CC(=O)N[C@@H]1OC(=O)C(c2ccc(C3=CCNCC3)cc2)=C1C. The van der Waals surface area contributed by atoms with E-state index in [1.54, 1.807) is 0 Å². The molecule has 0 bridgehead atoms. The Morgan fingerprint density at radius 3 is 2.57 bits per heavy atom. The van der Waals surface area contributed by atoms with Crippen molar-refractivity contribution >= 4 is 23.0 Å². The maximum atomic E-state index is 12.1. The van der Waals surface area contributed by atoms with Crippen LogP contribution >= 0.6 is 0 Å². The van der Waals surface area contributed by atoms with E-state index >= 15 is 0 Å². The summed E-state index contributed by atoms with van der Waals surface area (Å²) in [4.78, 5) is 23.3. The maximum Gasteiger partial charge on any atom is 0.341 e. The summed E-state index contributed by atoms with van der Waals surface area (Å²) in [5.74, 6) is -0.619. The third-order valence-electron chi connectivity index (χ3n) is 4.16. The molecule has 1 aromatic carbocycles. The molecule has 23 heavy (non-hydrogen) atoms. The van der Waals surface area contributed by atoms with Crippen molar-refractivity contribution in [2.75, 3.05) is 13.1 Å². The van der Waals surface area contributed by atoms with Gasteiger partial charge in [0.2, 0.25) is 5.91 Å². The number of carbonyl (C=O) groups excluding carboxylic acids is 2. The lowest BCUT2D eigenvalue weighted by molar-refractivity contribution is -0.140. The molecule has 0 saturated carbocycles. The Morgan fingerprint density at radius 1 is 1.26 bits per heavy atom. The molecule has 2 N–H and O–H groups in total. The summed E-state index contributed by atoms with van der Waals surface area (Å²) in [5, 5.41) is 5.92. The first-order valence-corrected chi connectivity index (χ1v) is 7.75. The van der Waals surface area contributed by atoms with Crippen molar-refractivity contribution in [2.24, 2.45) is 0 Å². The summed E-state index contributed by atoms with van der Waals surface area (Å²) in [6, 6.07) is 7.94. The van der Waals surface area contributed by atoms with Crippen LogP contribution < -0.4 is 10.6 Å². The molecule has 0 fully saturated rings. The van der Waals surface area contributed by atoms with Crippen molar-refractivity contribution in [1.82, 2.24) is 10.6 Å². The molecule has 2 aliphatic rings. The normalized spacial score (nSPS) is 21.0. The van der Waals surface area contributed by atoms with Crippen molar-refractivity contribution < 1.29 is 14.3 Å². The number of hydrogen-bond acceptors (Lipinski definition) is 4. The van der Waals surface area contributed by atoms with Gasteiger partial charge in [-0.15, -0.1) is 0 Å². The van der Waals surface area contributed by atoms with Gasteiger partial charge in [0.05, 0.1) is 5.57 Å². The summed E-state index contributed by atoms with van der Waals surface area (Å²) in [5.41, 5.74) is 4.59. The van der Waals surface area contributed by atoms with Crippen LogP contribution in [0.2, 0.25) is 0 Å². The second-order valence-electron chi connectivity index (χ2n) is 5.80. The van der Waals surface area contributed by atoms with Gasteiger partial charge in [0.1, 0.15) is 0 Å². The van der Waals surface area contributed by atoms with E-state index in [1.807, 2.05) is 31.2 Å². The fourth-order valence-electron chi connectivity index (χ4n) is 2.95. The van der Waals surface area contributed by atoms with Crippen molar-refractivity contribution in [3.05, 3.63) is 47.0 Å². The van der Waals surface area contributed by atoms with Gasteiger partial charge in [0.15, 0.2) is 6.23 Å². The maximum absolute atomic E-state index is 12.1. The van der Waals surface area contributed by atoms with E-state index in [0.29, 0.717) is 5.57 Å². The standard InChI is InChI=1S/C18H20N2O3/c1-11-16(18(22)23-17(11)20-12(2)21)15-5-3-13(4-6-15)14-7-9-19-10-8-14/h3-7,17,19H,8-10H2,1-2H3,(H,20,21)/t17-/m1/s1. The molecule has 0 aliphatic carbocycles. The summed E-state index contributed by atoms with van der Waals surface area (Å²) >= 11 is 0. The van der Waals surface area contributed by atoms with Gasteiger partial charge in [0, 0.05) is 19.0 Å². The fraction of sp³-hybridized carbons (Fsp3) is 0.333. The molecule has 1 amide bonds. The highest BCUT2D eigenvalue weighted by molar-refractivity contribution is 6.19. The van der Waals surface area contributed by atoms with Crippen molar-refractivity contribution in [2.45, 2.75) is 26.5 Å². The third kappa shape index (κ3) is 3.19. The minimum absolute atomic E-state index is 0.225. The first-order chi connectivity index (χ1) is 11.1. The number of benzene rings is 1. The number of esters is 1. The molecule has 5 heteroatoms. The van der Waals surface area contributed by atoms with Gasteiger partial charge < -0.3 is 15.4 Å². The van der Waals surface area contributed by atoms with Crippen LogP contribution in [-0.4, -0.2) is 31.2 Å². The fourth-order valence-corrected chi connectivity index (χ4v) is 2.95. The van der Waals surface area contributed by atoms with Gasteiger partial charge in [-0.05, 0) is 36.6 Å². The van der Waals surface area contributed by atoms with Crippen LogP contribution in [0.3, 0.4) is 0 Å². The molecule has 2 heterocycles. The molecular weight excluding hydrogens is 292 g/mol. The van der Waals surface area contributed by atoms with Gasteiger partial charge in [-0.2, -0.15) is 0 Å². The third-order valence-corrected chi connectivity index (χ3v) is 4.16. The molecule has 1 aromatic rings. The summed E-state index contributed by atoms with van der Waals surface area (Å²) < 4.78 is 5.23. The highest BCUT2D eigenvalue weighted by Crippen LogP contribution is 2.30. The highest BCUT2D eigenvalue weighted by Gasteiger charge is 2.32. The molecule has 5 nitrogen and oxygen atoms in total. The lowest BCUT2D eigenvalue weighted by Gasteiger charge is -2.14. The van der Waals surface area contributed by atoms with Crippen LogP contribution in [0.25, 0.3) is 11.1 Å². The lowest BCUT2D eigenvalue weighted by Crippen LogP contribution is -2.34. The number of ether oxygens (including phenoxy) is 1. The highest BCUT2D eigenvalue weighted by atomic mass is 16.6. The molecule has 1 atom stereocenters. The quantitative estimate of drug-likeness (QED) is 0.836. The Balaban J connectivity index is 1.86. The monoisotopic (exact) mass is 312 g/mol. The van der Waals surface area contributed by atoms with E-state index in [-0.39, 0.29) is 5.91 Å². The Kier molecular flexibility index (Phi) is 4.30. The average molecular weight is 312 g/mol. The zero-order chi connectivity index (χ0) is 16.4. The molecular formula is C18H20N2O3. The van der Waals surface area contributed by atoms with E-state index < -0.39 is 12.2 Å². The number of rotatable bonds is 3. The zero-order valence-corrected chi connectivity index (χ0v) is 13.3. The van der Waals surface area contributed by atoms with E-state index in [0.717, 1.165) is 30.6 Å². The number of hydrogen-bond donors (Lipinski definition) is 2. The zero-order valence-electron chi connectivity index (χ0n) is 13.3. The smallest absolute Gasteiger partial charge is 0.341 e. The predicted molar refractivity (Wildman–Crippen MR) is 88.2 cm³/mol. The van der Waals surface area contributed by atoms with Crippen molar-refractivity contribution in [3.8, 4) is 0 Å². The molecule has 2 aliphatic heterocycles. The molecule has 0 unspecified atom stereocenters. The summed E-state index contributed by atoms with van der Waals surface area (Å²) in [6.07, 6.45) is 2.54. The van der Waals surface area contributed by atoms with Gasteiger partial charge in [-0.25, -0.2) is 4.79 Å². The molecule has 0 radical (unpaired) electrons. The van der Waals surface area contributed by atoms with Gasteiger partial charge in [-0.1, -0.05) is 30.3 Å². The second kappa shape index (κ2) is 6.38. The van der Waals surface area contributed by atoms with Crippen LogP contribution in [0.1, 0.15) is 31.4 Å². The largest absolute Gasteiger partial charge is 0.434 e. The molecule has 3 rings (SSSR count). The van der Waals surface area contributed by atoms with Crippen LogP contribution in [0.15, 0.2) is 35.9 Å². The predicted octanol–water partition coefficient (Wildman–Crippen LogP) is 1.86. The van der Waals surface area contributed by atoms with Gasteiger partial charge in [0.25, 0.3) is 0 Å². The minimum atomic E-state index is -0.665. The molecule has 0 saturated heterocycles. The number of nitrogens with one attached hydrogen (secondary N) is 2. The van der Waals surface area contributed by atoms with Crippen molar-refractivity contribution in [1.29, 1.82) is 0 Å². The summed E-state index contributed by atoms with van der Waals surface area (Å²) in [6.45, 7) is 5.10. The molecule has 120 valence electrons. The average Bonchev–Trinajstić information content (AvgIpc) is 2.82. The molecule has 0 spiro atoms. The number of cyclic esters (lactones) is 1. The number of amides is 1. The van der Waals surface area contributed by atoms with E-state index in [9.17, 15) is 9.59 Å². The Morgan fingerprint density at radius 2 is 1.96 bits per heavy atom. The Bertz CT molecular complexity index is 701. The minimum Gasteiger partial charge on any atom is -0.434 e. The van der Waals surface area contributed by atoms with Crippen LogP contribution in [0, 0.1) is 0 Å². The van der Waals surface area contributed by atoms with E-state index in [4.69, 9.17) is 4.74 Å². The topological polar surface area (TPSA) is 67.4 Å². The summed E-state index contributed by atoms with van der Waals surface area (Å²) in [7, 11) is 0. The Hall–Kier alpha value is -2.40. The van der Waals surface area contributed by atoms with E-state index in [1.165, 1.54) is 18.1 Å². The van der Waals surface area contributed by atoms with Crippen LogP contribution in [-0.2, 0) is 14.3 Å². The first kappa shape index (κ1) is 15.5. The first-order valence-electron chi connectivity index (χ1n) is 7.75. The van der Waals surface area contributed by atoms with Crippen LogP contribution in [0.5, 0.6) is 0 Å². The molecule has 0 aromatic heterocycles. The van der Waals surface area contributed by atoms with E-state index in [2.05, 4.69) is 16.7 Å². The Labute approximate surface area is 135 Å². The van der Waals surface area contributed by atoms with Crippen molar-refractivity contribution in [3.63, 3.8) is 0 Å². The second-order valence-corrected chi connectivity index (χ2v) is 5.80. The van der Waals surface area contributed by atoms with Crippen LogP contribution in [0.4, 0.5) is 0 Å². The lowest BCUT2D eigenvalue weighted by atomic mass is 9.96.